The second-order valence-corrected chi connectivity index (χ2v) is 27.3. The van der Waals surface area contributed by atoms with Crippen molar-refractivity contribution in [3.8, 4) is 23.0 Å². The molecule has 100 heavy (non-hydrogen) atoms. The highest BCUT2D eigenvalue weighted by Crippen LogP contribution is 2.37. The predicted octanol–water partition coefficient (Wildman–Crippen LogP) is 13.5. The van der Waals surface area contributed by atoms with Gasteiger partial charge in [0, 0.05) is 132 Å². The van der Waals surface area contributed by atoms with Crippen LogP contribution in [0.4, 0.5) is 0 Å². The molecule has 2 unspecified atom stereocenters. The third-order valence-corrected chi connectivity index (χ3v) is 20.4. The molecule has 4 N–H and O–H groups in total. The van der Waals surface area contributed by atoms with Gasteiger partial charge in [-0.05, 0) is 107 Å². The summed E-state index contributed by atoms with van der Waals surface area (Å²) in [6.45, 7) is 27.3. The fraction of sp³-hybridized carbons (Fsp3) is 0.333. The van der Waals surface area contributed by atoms with Crippen molar-refractivity contribution in [3.63, 3.8) is 0 Å². The van der Waals surface area contributed by atoms with E-state index in [0.717, 1.165) is 132 Å². The van der Waals surface area contributed by atoms with Crippen LogP contribution in [0, 0.1) is 19.8 Å². The molecule has 6 aromatic carbocycles. The molecule has 0 fully saturated rings. The van der Waals surface area contributed by atoms with Gasteiger partial charge in [-0.15, -0.1) is 0 Å². The number of hydrogen-bond acceptors (Lipinski definition) is 12. The summed E-state index contributed by atoms with van der Waals surface area (Å²) in [7, 11) is 0. The molecule has 0 bridgehead atoms. The van der Waals surface area contributed by atoms with Crippen molar-refractivity contribution in [2.45, 2.75) is 151 Å². The second-order valence-electron chi connectivity index (χ2n) is 27.3. The maximum Gasteiger partial charge on any atom is 0.223 e. The lowest BCUT2D eigenvalue weighted by molar-refractivity contribution is 0.110. The molecule has 4 aliphatic rings. The van der Waals surface area contributed by atoms with Gasteiger partial charge in [-0.3, -0.25) is 38.8 Å². The molecule has 4 aromatic heterocycles. The number of aromatic nitrogens is 4. The Morgan fingerprint density at radius 1 is 0.360 bits per heavy atom. The smallest absolute Gasteiger partial charge is 0.223 e. The summed E-state index contributed by atoms with van der Waals surface area (Å²) < 4.78 is 8.02. The van der Waals surface area contributed by atoms with E-state index in [1.807, 2.05) is 54.7 Å². The van der Waals surface area contributed by atoms with Crippen LogP contribution in [0.15, 0.2) is 220 Å². The van der Waals surface area contributed by atoms with E-state index >= 15 is 0 Å². The second kappa shape index (κ2) is 32.4. The molecule has 4 aliphatic heterocycles. The molecule has 520 valence electrons. The fourth-order valence-corrected chi connectivity index (χ4v) is 14.6. The van der Waals surface area contributed by atoms with Gasteiger partial charge in [-0.1, -0.05) is 186 Å². The van der Waals surface area contributed by atoms with Crippen LogP contribution in [0.3, 0.4) is 0 Å². The van der Waals surface area contributed by atoms with Gasteiger partial charge in [0.1, 0.15) is 0 Å². The van der Waals surface area contributed by atoms with E-state index in [9.17, 15) is 39.6 Å². The Hall–Kier alpha value is -9.84. The maximum atomic E-state index is 12.1. The number of aromatic hydroxyl groups is 4. The lowest BCUT2D eigenvalue weighted by Gasteiger charge is -2.40. The third kappa shape index (κ3) is 16.7. The molecule has 16 heteroatoms. The highest BCUT2D eigenvalue weighted by Gasteiger charge is 2.33. The van der Waals surface area contributed by atoms with Gasteiger partial charge in [0.25, 0.3) is 0 Å². The highest BCUT2D eigenvalue weighted by molar-refractivity contribution is 5.38. The summed E-state index contributed by atoms with van der Waals surface area (Å²) in [4.78, 5) is 57.5. The van der Waals surface area contributed by atoms with Gasteiger partial charge < -0.3 is 38.7 Å². The van der Waals surface area contributed by atoms with Gasteiger partial charge >= 0.3 is 0 Å². The molecule has 0 saturated carbocycles. The molecule has 8 heterocycles. The molecule has 14 rings (SSSR count). The van der Waals surface area contributed by atoms with E-state index in [2.05, 4.69) is 190 Å². The fourth-order valence-electron chi connectivity index (χ4n) is 14.6. The van der Waals surface area contributed by atoms with Crippen LogP contribution in [0.2, 0.25) is 0 Å². The minimum Gasteiger partial charge on any atom is -0.503 e. The van der Waals surface area contributed by atoms with Crippen molar-refractivity contribution in [3.05, 3.63) is 326 Å². The molecule has 4 atom stereocenters. The van der Waals surface area contributed by atoms with E-state index in [4.69, 9.17) is 0 Å². The monoisotopic (exact) mass is 1340 g/mol. The van der Waals surface area contributed by atoms with Gasteiger partial charge in [0.05, 0.1) is 42.9 Å². The van der Waals surface area contributed by atoms with E-state index in [1.54, 1.807) is 49.1 Å². The number of benzene rings is 6. The van der Waals surface area contributed by atoms with Gasteiger partial charge in [0.15, 0.2) is 23.0 Å². The molecule has 16 nitrogen and oxygen atoms in total. The standard InChI is InChI=1S/2C23H24N2O2.C20H26N2O2.C18H22N2O2/c2*1-2-17-8-10-18(11-9-17)15-25-13-12-24-16-22(27)21(26)14-20(24)23(25)19-6-4-3-5-7-19;1-4-15-5-7-16(8-6-15)12-22-10-9-21-13-19(24)18(23)11-17(21)20(22)14(2)3;1-12-5-4-6-13(2)15(12)10-19-7-8-20-11-18(22)17(21)9-16(20)14(19)3/h2*3-11,14,16,23,27H,2,12-13,15H2,1H3;5-8,11,13-14,20,24H,4,9-10,12H2,1-3H3;4-6,9,11,14,22H,7-8,10H2,1-3H3/t2*23-;;/m10../s1. The van der Waals surface area contributed by atoms with E-state index in [0.29, 0.717) is 5.92 Å². The average molecular weight is 1350 g/mol. The predicted molar refractivity (Wildman–Crippen MR) is 397 cm³/mol. The number of nitrogens with zero attached hydrogens (tertiary/aromatic N) is 8. The van der Waals surface area contributed by atoms with Crippen molar-refractivity contribution >= 4 is 0 Å². The lowest BCUT2D eigenvalue weighted by Crippen LogP contribution is -2.41. The first kappa shape index (κ1) is 71.4. The highest BCUT2D eigenvalue weighted by atomic mass is 16.3. The summed E-state index contributed by atoms with van der Waals surface area (Å²) in [6.07, 6.45) is 9.41. The lowest BCUT2D eigenvalue weighted by atomic mass is 9.95. The van der Waals surface area contributed by atoms with E-state index in [-0.39, 0.29) is 68.9 Å². The van der Waals surface area contributed by atoms with Crippen molar-refractivity contribution in [2.24, 2.45) is 5.92 Å². The molecule has 0 radical (unpaired) electrons. The topological polar surface area (TPSA) is 182 Å². The average Bonchev–Trinajstić information content (AvgIpc) is 0.787. The van der Waals surface area contributed by atoms with Crippen molar-refractivity contribution in [2.75, 3.05) is 26.2 Å². The Kier molecular flexibility index (Phi) is 23.2. The van der Waals surface area contributed by atoms with Crippen LogP contribution in [0.1, 0.15) is 150 Å². The number of pyridine rings is 4. The van der Waals surface area contributed by atoms with Gasteiger partial charge in [-0.2, -0.15) is 0 Å². The Balaban J connectivity index is 0.000000135. The molecule has 0 aliphatic carbocycles. The zero-order valence-corrected chi connectivity index (χ0v) is 59.0. The Bertz CT molecular complexity index is 4480. The van der Waals surface area contributed by atoms with Crippen LogP contribution in [0.5, 0.6) is 23.0 Å². The molecule has 0 amide bonds. The normalized spacial score (nSPS) is 17.4. The molecular formula is C84H96N8O8. The van der Waals surface area contributed by atoms with Crippen LogP contribution in [-0.4, -0.2) is 84.5 Å². The Morgan fingerprint density at radius 2 is 0.670 bits per heavy atom. The molecule has 0 spiro atoms. The van der Waals surface area contributed by atoms with Crippen molar-refractivity contribution in [1.29, 1.82) is 0 Å². The number of rotatable bonds is 14. The van der Waals surface area contributed by atoms with E-state index < -0.39 is 0 Å². The van der Waals surface area contributed by atoms with Gasteiger partial charge in [0.2, 0.25) is 21.7 Å². The first-order chi connectivity index (χ1) is 48.3. The molecule has 10 aromatic rings. The Labute approximate surface area is 587 Å². The Morgan fingerprint density at radius 3 is 1.04 bits per heavy atom. The zero-order chi connectivity index (χ0) is 70.7. The number of fused-ring (bicyclic) bond motifs is 4. The summed E-state index contributed by atoms with van der Waals surface area (Å²) >= 11 is 0. The van der Waals surface area contributed by atoms with Crippen LogP contribution in [-0.2, 0) is 71.6 Å². The number of hydrogen-bond donors (Lipinski definition) is 4. The first-order valence-electron chi connectivity index (χ1n) is 35.4. The summed E-state index contributed by atoms with van der Waals surface area (Å²) in [5, 5.41) is 39.0. The molecule has 0 saturated heterocycles. The van der Waals surface area contributed by atoms with Crippen LogP contribution < -0.4 is 21.7 Å². The SMILES string of the molecule is CCc1ccc(CN2CCn3cc(O)c(=O)cc3C2C(C)C)cc1.CCc1ccc(CN2CCn3cc(O)c(=O)cc3[C@@H]2c2ccccc2)cc1.CCc1ccc(CN2CCn3cc(O)c(=O)cc3[C@H]2c2ccccc2)cc1.Cc1cccc(C)c1CN1CCn2cc(O)c(=O)cc2C1C. The first-order valence-corrected chi connectivity index (χ1v) is 35.4. The molecular weight excluding hydrogens is 1250 g/mol. The van der Waals surface area contributed by atoms with Crippen molar-refractivity contribution < 1.29 is 20.4 Å². The quantitative estimate of drug-likeness (QED) is 0.0810. The summed E-state index contributed by atoms with van der Waals surface area (Å²) in [5.74, 6) is -0.317. The largest absolute Gasteiger partial charge is 0.503 e. The maximum absolute atomic E-state index is 12.1. The van der Waals surface area contributed by atoms with Gasteiger partial charge in [-0.25, -0.2) is 0 Å². The summed E-state index contributed by atoms with van der Waals surface area (Å²) in [5.41, 5.74) is 16.7. The summed E-state index contributed by atoms with van der Waals surface area (Å²) in [6, 6.07) is 59.9. The van der Waals surface area contributed by atoms with Crippen molar-refractivity contribution in [1.82, 2.24) is 37.9 Å². The van der Waals surface area contributed by atoms with E-state index in [1.165, 1.54) is 50.1 Å². The number of aryl methyl sites for hydroxylation is 5. The minimum atomic E-state index is -0.323. The van der Waals surface area contributed by atoms with Crippen LogP contribution in [0.25, 0.3) is 0 Å². The van der Waals surface area contributed by atoms with Crippen LogP contribution >= 0.6 is 0 Å². The zero-order valence-electron chi connectivity index (χ0n) is 59.0. The minimum absolute atomic E-state index is 0.0147. The third-order valence-electron chi connectivity index (χ3n) is 20.4.